The van der Waals surface area contributed by atoms with Crippen molar-refractivity contribution in [3.8, 4) is 0 Å². The lowest BCUT2D eigenvalue weighted by Crippen LogP contribution is -2.40. The summed E-state index contributed by atoms with van der Waals surface area (Å²) < 4.78 is 28.0. The number of nitrogens with zero attached hydrogens (tertiary/aromatic N) is 1. The molecule has 0 spiro atoms. The molecule has 0 amide bonds. The van der Waals surface area contributed by atoms with Gasteiger partial charge in [-0.15, -0.1) is 0 Å². The Balaban J connectivity index is 3.13. The minimum atomic E-state index is -3.46. The molecule has 1 aromatic rings. The van der Waals surface area contributed by atoms with Crippen LogP contribution in [0.15, 0.2) is 21.5 Å². The highest BCUT2D eigenvalue weighted by Crippen LogP contribution is 2.24. The van der Waals surface area contributed by atoms with E-state index in [2.05, 4.69) is 20.7 Å². The van der Waals surface area contributed by atoms with Gasteiger partial charge in [0, 0.05) is 29.8 Å². The van der Waals surface area contributed by atoms with Crippen LogP contribution in [0.25, 0.3) is 0 Å². The van der Waals surface area contributed by atoms with Crippen LogP contribution in [0.4, 0.5) is 0 Å². The van der Waals surface area contributed by atoms with E-state index < -0.39 is 20.8 Å². The fourth-order valence-corrected chi connectivity index (χ4v) is 3.13. The molecular weight excluding hydrogens is 332 g/mol. The summed E-state index contributed by atoms with van der Waals surface area (Å²) in [6.07, 6.45) is 1.62. The van der Waals surface area contributed by atoms with Gasteiger partial charge in [0.05, 0.1) is 4.75 Å². The molecule has 1 aromatic heterocycles. The van der Waals surface area contributed by atoms with Crippen LogP contribution in [0.2, 0.25) is 0 Å². The molecule has 0 fully saturated rings. The van der Waals surface area contributed by atoms with Gasteiger partial charge < -0.3 is 4.57 Å². The van der Waals surface area contributed by atoms with Gasteiger partial charge in [-0.05, 0) is 49.2 Å². The summed E-state index contributed by atoms with van der Waals surface area (Å²) in [6.45, 7) is 6.59. The molecule has 0 saturated carbocycles. The number of nitrogens with one attached hydrogen (secondary N) is 1. The molecule has 0 aliphatic heterocycles. The van der Waals surface area contributed by atoms with Crippen LogP contribution in [0.1, 0.15) is 39.3 Å². The lowest BCUT2D eigenvalue weighted by atomic mass is 10.1. The summed E-state index contributed by atoms with van der Waals surface area (Å²) >= 11 is 3.35. The van der Waals surface area contributed by atoms with Crippen molar-refractivity contribution in [3.63, 3.8) is 0 Å². The van der Waals surface area contributed by atoms with Crippen molar-refractivity contribution >= 4 is 26.0 Å². The van der Waals surface area contributed by atoms with Gasteiger partial charge in [0.15, 0.2) is 0 Å². The second kappa shape index (κ2) is 5.38. The molecule has 19 heavy (non-hydrogen) atoms. The number of hydrogen-bond acceptors (Lipinski definition) is 3. The number of aryl methyl sites for hydroxylation is 1. The summed E-state index contributed by atoms with van der Waals surface area (Å²) in [5, 5.41) is 0. The highest BCUT2D eigenvalue weighted by Gasteiger charge is 2.30. The average molecular weight is 351 g/mol. The predicted molar refractivity (Wildman–Crippen MR) is 79.6 cm³/mol. The fourth-order valence-electron chi connectivity index (χ4n) is 1.42. The van der Waals surface area contributed by atoms with Crippen molar-refractivity contribution in [2.45, 2.75) is 38.5 Å². The first-order valence-electron chi connectivity index (χ1n) is 5.83. The molecule has 1 N–H and O–H groups in total. The second-order valence-electron chi connectivity index (χ2n) is 5.48. The van der Waals surface area contributed by atoms with Crippen molar-refractivity contribution in [2.24, 2.45) is 7.05 Å². The predicted octanol–water partition coefficient (Wildman–Crippen LogP) is 1.93. The zero-order valence-electron chi connectivity index (χ0n) is 11.7. The van der Waals surface area contributed by atoms with Gasteiger partial charge in [0.25, 0.3) is 5.56 Å². The number of sulfonamides is 1. The van der Waals surface area contributed by atoms with E-state index in [1.165, 1.54) is 10.6 Å². The van der Waals surface area contributed by atoms with Gasteiger partial charge in [0.1, 0.15) is 0 Å². The van der Waals surface area contributed by atoms with Crippen molar-refractivity contribution in [1.82, 2.24) is 9.29 Å². The average Bonchev–Trinajstić information content (AvgIpc) is 2.20. The van der Waals surface area contributed by atoms with Crippen molar-refractivity contribution < 1.29 is 8.42 Å². The van der Waals surface area contributed by atoms with E-state index in [0.717, 1.165) is 0 Å². The number of aromatic nitrogens is 1. The molecular formula is C12H19BrN2O3S. The molecule has 5 nitrogen and oxygen atoms in total. The molecule has 1 unspecified atom stereocenters. The standard InChI is InChI=1S/C12H19BrN2O3S/c1-8(14-19(17,18)12(2,3)4)9-6-11(16)15(5)7-10(9)13/h6-8,14H,1-5H3. The van der Waals surface area contributed by atoms with Crippen LogP contribution in [0, 0.1) is 0 Å². The molecule has 1 atom stereocenters. The van der Waals surface area contributed by atoms with E-state index in [4.69, 9.17) is 0 Å². The Morgan fingerprint density at radius 2 is 1.89 bits per heavy atom. The van der Waals surface area contributed by atoms with Crippen LogP contribution in [-0.2, 0) is 17.1 Å². The topological polar surface area (TPSA) is 68.2 Å². The number of halogens is 1. The number of rotatable bonds is 3. The number of pyridine rings is 1. The van der Waals surface area contributed by atoms with Crippen LogP contribution in [-0.4, -0.2) is 17.7 Å². The maximum Gasteiger partial charge on any atom is 0.250 e. The first-order chi connectivity index (χ1) is 8.45. The van der Waals surface area contributed by atoms with Crippen LogP contribution in [0.3, 0.4) is 0 Å². The highest BCUT2D eigenvalue weighted by atomic mass is 79.9. The molecule has 0 bridgehead atoms. The molecule has 1 heterocycles. The smallest absolute Gasteiger partial charge is 0.250 e. The molecule has 0 aromatic carbocycles. The lowest BCUT2D eigenvalue weighted by molar-refractivity contribution is 0.531. The zero-order valence-corrected chi connectivity index (χ0v) is 14.1. The minimum absolute atomic E-state index is 0.181. The Morgan fingerprint density at radius 1 is 1.37 bits per heavy atom. The highest BCUT2D eigenvalue weighted by molar-refractivity contribution is 9.10. The fraction of sp³-hybridized carbons (Fsp3) is 0.583. The molecule has 108 valence electrons. The Kier molecular flexibility index (Phi) is 4.64. The third-order valence-corrected chi connectivity index (χ3v) is 5.75. The van der Waals surface area contributed by atoms with E-state index in [1.54, 1.807) is 40.9 Å². The van der Waals surface area contributed by atoms with Crippen molar-refractivity contribution in [1.29, 1.82) is 0 Å². The summed E-state index contributed by atoms with van der Waals surface area (Å²) in [4.78, 5) is 11.6. The largest absolute Gasteiger partial charge is 0.317 e. The van der Waals surface area contributed by atoms with Crippen LogP contribution < -0.4 is 10.3 Å². The summed E-state index contributed by atoms with van der Waals surface area (Å²) in [7, 11) is -1.82. The molecule has 7 heteroatoms. The van der Waals surface area contributed by atoms with Crippen molar-refractivity contribution in [3.05, 3.63) is 32.7 Å². The van der Waals surface area contributed by atoms with Gasteiger partial charge in [-0.1, -0.05) is 0 Å². The van der Waals surface area contributed by atoms with E-state index in [9.17, 15) is 13.2 Å². The first kappa shape index (κ1) is 16.4. The van der Waals surface area contributed by atoms with Gasteiger partial charge in [-0.25, -0.2) is 13.1 Å². The monoisotopic (exact) mass is 350 g/mol. The summed E-state index contributed by atoms with van der Waals surface area (Å²) in [6, 6.07) is 0.951. The molecule has 1 rings (SSSR count). The zero-order chi connectivity index (χ0) is 15.0. The van der Waals surface area contributed by atoms with E-state index >= 15 is 0 Å². The summed E-state index contributed by atoms with van der Waals surface area (Å²) in [5.74, 6) is 0. The quantitative estimate of drug-likeness (QED) is 0.905. The Labute approximate surface area is 122 Å². The number of hydrogen-bond donors (Lipinski definition) is 1. The maximum absolute atomic E-state index is 12.1. The van der Waals surface area contributed by atoms with Crippen LogP contribution >= 0.6 is 15.9 Å². The van der Waals surface area contributed by atoms with Crippen molar-refractivity contribution in [2.75, 3.05) is 0 Å². The maximum atomic E-state index is 12.1. The minimum Gasteiger partial charge on any atom is -0.317 e. The SMILES string of the molecule is CC(NS(=O)(=O)C(C)(C)C)c1cc(=O)n(C)cc1Br. The van der Waals surface area contributed by atoms with Crippen LogP contribution in [0.5, 0.6) is 0 Å². The van der Waals surface area contributed by atoms with E-state index in [-0.39, 0.29) is 5.56 Å². The van der Waals surface area contributed by atoms with Gasteiger partial charge >= 0.3 is 0 Å². The second-order valence-corrected chi connectivity index (χ2v) is 8.80. The Morgan fingerprint density at radius 3 is 2.37 bits per heavy atom. The first-order valence-corrected chi connectivity index (χ1v) is 8.11. The van der Waals surface area contributed by atoms with Gasteiger partial charge in [-0.2, -0.15) is 0 Å². The normalized spacial score (nSPS) is 14.4. The third kappa shape index (κ3) is 3.67. The van der Waals surface area contributed by atoms with E-state index in [0.29, 0.717) is 10.0 Å². The van der Waals surface area contributed by atoms with Gasteiger partial charge in [0.2, 0.25) is 10.0 Å². The molecule has 0 aliphatic rings. The van der Waals surface area contributed by atoms with E-state index in [1.807, 2.05) is 0 Å². The lowest BCUT2D eigenvalue weighted by Gasteiger charge is -2.24. The molecule has 0 aliphatic carbocycles. The Hall–Kier alpha value is -0.660. The summed E-state index contributed by atoms with van der Waals surface area (Å²) in [5.41, 5.74) is 0.441. The molecule has 0 radical (unpaired) electrons. The van der Waals surface area contributed by atoms with Gasteiger partial charge in [-0.3, -0.25) is 4.79 Å². The Bertz CT molecular complexity index is 629. The molecule has 0 saturated heterocycles. The third-order valence-electron chi connectivity index (χ3n) is 2.81.